The van der Waals surface area contributed by atoms with Crippen LogP contribution in [-0.2, 0) is 4.79 Å². The Morgan fingerprint density at radius 1 is 0.712 bits per heavy atom. The highest BCUT2D eigenvalue weighted by atomic mass is 19.1. The molecule has 0 radical (unpaired) electrons. The molecule has 9 rings (SSSR count). The molecule has 2 saturated heterocycles. The van der Waals surface area contributed by atoms with Crippen LogP contribution in [0.15, 0.2) is 109 Å². The molecule has 3 atom stereocenters. The number of rotatable bonds is 7. The van der Waals surface area contributed by atoms with Gasteiger partial charge in [0.1, 0.15) is 29.0 Å². The number of aromatic nitrogens is 4. The van der Waals surface area contributed by atoms with E-state index in [0.717, 1.165) is 64.1 Å². The summed E-state index contributed by atoms with van der Waals surface area (Å²) in [5, 5.41) is 35.7. The summed E-state index contributed by atoms with van der Waals surface area (Å²) in [4.78, 5) is 35.9. The topological polar surface area (TPSA) is 174 Å². The number of benzene rings is 5. The Kier molecular flexibility index (Phi) is 11.0. The van der Waals surface area contributed by atoms with Crippen LogP contribution in [0.5, 0.6) is 11.5 Å². The van der Waals surface area contributed by atoms with Gasteiger partial charge in [0.2, 0.25) is 0 Å². The van der Waals surface area contributed by atoms with Gasteiger partial charge in [-0.15, -0.1) is 0 Å². The fourth-order valence-corrected chi connectivity index (χ4v) is 7.62. The highest BCUT2D eigenvalue weighted by Gasteiger charge is 2.29. The SMILES string of the molecule is Cc1ccc2c(N3CC[C@@H](N)C3)nc(-c3ccccc3O)nc2c1.Cc1ccc2c(N3CC[C@@H](NC(=O)C(O)c4ccc(F)cc4)C3)nc(-c3ccccc3O)nc2c1. The minimum atomic E-state index is -1.37. The maximum absolute atomic E-state index is 13.2. The number of carbonyl (C=O) groups excluding carboxylic acids is 1. The first-order valence-electron chi connectivity index (χ1n) is 19.6. The summed E-state index contributed by atoms with van der Waals surface area (Å²) in [6, 6.07) is 31.5. The van der Waals surface area contributed by atoms with Crippen LogP contribution < -0.4 is 20.9 Å². The number of aliphatic hydroxyl groups excluding tert-OH is 1. The van der Waals surface area contributed by atoms with Gasteiger partial charge in [-0.2, -0.15) is 0 Å². The number of nitrogens with two attached hydrogens (primary N) is 1. The van der Waals surface area contributed by atoms with Crippen LogP contribution in [-0.4, -0.2) is 79.4 Å². The number of phenols is 2. The van der Waals surface area contributed by atoms with Crippen LogP contribution >= 0.6 is 0 Å². The molecule has 0 aliphatic carbocycles. The van der Waals surface area contributed by atoms with Crippen LogP contribution in [0.4, 0.5) is 16.0 Å². The number of aryl methyl sites for hydroxylation is 2. The first kappa shape index (κ1) is 39.1. The van der Waals surface area contributed by atoms with Crippen molar-refractivity contribution in [3.8, 4) is 34.3 Å². The van der Waals surface area contributed by atoms with E-state index in [0.29, 0.717) is 47.8 Å². The molecule has 13 heteroatoms. The number of hydrogen-bond acceptors (Lipinski definition) is 11. The average molecular weight is 793 g/mol. The molecule has 0 saturated carbocycles. The third-order valence-electron chi connectivity index (χ3n) is 10.7. The van der Waals surface area contributed by atoms with Gasteiger partial charge < -0.3 is 36.2 Å². The van der Waals surface area contributed by atoms with Crippen LogP contribution in [0.3, 0.4) is 0 Å². The number of fused-ring (bicyclic) bond motifs is 2. The van der Waals surface area contributed by atoms with E-state index in [2.05, 4.69) is 38.3 Å². The van der Waals surface area contributed by atoms with E-state index in [1.165, 1.54) is 24.3 Å². The molecule has 6 N–H and O–H groups in total. The van der Waals surface area contributed by atoms with Crippen molar-refractivity contribution in [3.63, 3.8) is 0 Å². The third-order valence-corrected chi connectivity index (χ3v) is 10.7. The lowest BCUT2D eigenvalue weighted by Gasteiger charge is -2.21. The molecule has 1 unspecified atom stereocenters. The van der Waals surface area contributed by atoms with Gasteiger partial charge >= 0.3 is 0 Å². The number of aromatic hydroxyl groups is 2. The molecule has 2 aliphatic rings. The monoisotopic (exact) mass is 792 g/mol. The predicted molar refractivity (Wildman–Crippen MR) is 228 cm³/mol. The number of carbonyl (C=O) groups is 1. The lowest BCUT2D eigenvalue weighted by atomic mass is 10.1. The molecule has 2 aromatic heterocycles. The van der Waals surface area contributed by atoms with Gasteiger partial charge in [0.05, 0.1) is 22.2 Å². The Bertz CT molecular complexity index is 2660. The zero-order valence-electron chi connectivity index (χ0n) is 32.8. The van der Waals surface area contributed by atoms with Gasteiger partial charge in [-0.1, -0.05) is 48.5 Å². The number of nitrogens with zero attached hydrogens (tertiary/aromatic N) is 6. The van der Waals surface area contributed by atoms with Crippen molar-refractivity contribution in [1.29, 1.82) is 0 Å². The predicted octanol–water partition coefficient (Wildman–Crippen LogP) is 6.73. The van der Waals surface area contributed by atoms with E-state index >= 15 is 0 Å². The molecule has 5 aromatic carbocycles. The van der Waals surface area contributed by atoms with Crippen molar-refractivity contribution in [2.24, 2.45) is 5.73 Å². The molecule has 0 bridgehead atoms. The highest BCUT2D eigenvalue weighted by Crippen LogP contribution is 2.35. The van der Waals surface area contributed by atoms with E-state index < -0.39 is 17.8 Å². The van der Waals surface area contributed by atoms with Gasteiger partial charge in [0.15, 0.2) is 17.8 Å². The molecule has 2 aliphatic heterocycles. The van der Waals surface area contributed by atoms with E-state index in [1.54, 1.807) is 30.3 Å². The molecule has 59 heavy (non-hydrogen) atoms. The average Bonchev–Trinajstić information content (AvgIpc) is 3.89. The van der Waals surface area contributed by atoms with Crippen molar-refractivity contribution in [3.05, 3.63) is 132 Å². The number of phenolic OH excluding ortho intramolecular Hbond substituents is 2. The zero-order chi connectivity index (χ0) is 41.2. The smallest absolute Gasteiger partial charge is 0.253 e. The maximum atomic E-state index is 13.2. The van der Waals surface area contributed by atoms with Gasteiger partial charge in [0.25, 0.3) is 5.91 Å². The largest absolute Gasteiger partial charge is 0.507 e. The van der Waals surface area contributed by atoms with Gasteiger partial charge in [-0.25, -0.2) is 24.3 Å². The Hall–Kier alpha value is -6.70. The molecular weight excluding hydrogens is 748 g/mol. The number of nitrogens with one attached hydrogen (secondary N) is 1. The third kappa shape index (κ3) is 8.47. The van der Waals surface area contributed by atoms with E-state index in [1.807, 2.05) is 50.2 Å². The highest BCUT2D eigenvalue weighted by molar-refractivity contribution is 5.93. The van der Waals surface area contributed by atoms with Crippen LogP contribution in [0.1, 0.15) is 35.6 Å². The number of amides is 1. The molecule has 300 valence electrons. The van der Waals surface area contributed by atoms with Crippen molar-refractivity contribution < 1.29 is 24.5 Å². The van der Waals surface area contributed by atoms with Crippen molar-refractivity contribution in [2.45, 2.75) is 44.9 Å². The maximum Gasteiger partial charge on any atom is 0.253 e. The minimum absolute atomic E-state index is 0.104. The molecular formula is C46H45FN8O4. The lowest BCUT2D eigenvalue weighted by Crippen LogP contribution is -2.40. The van der Waals surface area contributed by atoms with Crippen molar-refractivity contribution >= 4 is 39.3 Å². The molecule has 4 heterocycles. The van der Waals surface area contributed by atoms with E-state index in [9.17, 15) is 24.5 Å². The summed E-state index contributed by atoms with van der Waals surface area (Å²) < 4.78 is 13.2. The second-order valence-corrected chi connectivity index (χ2v) is 15.2. The summed E-state index contributed by atoms with van der Waals surface area (Å²) in [6.07, 6.45) is 0.259. The minimum Gasteiger partial charge on any atom is -0.507 e. The van der Waals surface area contributed by atoms with Crippen LogP contribution in [0, 0.1) is 19.7 Å². The standard InChI is InChI=1S/C27H25FN4O3.C19H20N4O/c1-16-6-11-20-22(14-16)30-25(21-4-2-3-5-23(21)33)31-26(20)32-13-12-19(15-32)29-27(35)24(34)17-7-9-18(28)10-8-17;1-12-6-7-14-16(10-12)21-18(15-4-2-3-5-17(15)24)22-19(14)23-9-8-13(20)11-23/h2-11,14,19,24,33-34H,12-13,15H2,1H3,(H,29,35);2-7,10,13,24H,8-9,11,20H2,1H3/t19-,24?;13-/m11/s1. The number of halogens is 1. The number of aliphatic hydroxyl groups is 1. The summed E-state index contributed by atoms with van der Waals surface area (Å²) in [7, 11) is 0. The summed E-state index contributed by atoms with van der Waals surface area (Å²) in [5.41, 5.74) is 11.5. The quantitative estimate of drug-likeness (QED) is 0.116. The van der Waals surface area contributed by atoms with E-state index in [-0.39, 0.29) is 23.6 Å². The lowest BCUT2D eigenvalue weighted by molar-refractivity contribution is -0.130. The molecule has 12 nitrogen and oxygen atoms in total. The first-order chi connectivity index (χ1) is 28.5. The van der Waals surface area contributed by atoms with Crippen molar-refractivity contribution in [1.82, 2.24) is 25.3 Å². The summed E-state index contributed by atoms with van der Waals surface area (Å²) in [6.45, 7) is 6.88. The Balaban J connectivity index is 0.000000176. The number of hydrogen-bond donors (Lipinski definition) is 5. The number of anilines is 2. The Morgan fingerprint density at radius 2 is 1.22 bits per heavy atom. The zero-order valence-corrected chi connectivity index (χ0v) is 32.8. The van der Waals surface area contributed by atoms with Crippen molar-refractivity contribution in [2.75, 3.05) is 36.0 Å². The fourth-order valence-electron chi connectivity index (χ4n) is 7.62. The summed E-state index contributed by atoms with van der Waals surface area (Å²) >= 11 is 0. The Labute approximate surface area is 340 Å². The number of para-hydroxylation sites is 2. The van der Waals surface area contributed by atoms with Gasteiger partial charge in [-0.05, 0) is 104 Å². The van der Waals surface area contributed by atoms with Crippen LogP contribution in [0.2, 0.25) is 0 Å². The Morgan fingerprint density at radius 3 is 1.73 bits per heavy atom. The fraction of sp³-hybridized carbons (Fsp3) is 0.239. The van der Waals surface area contributed by atoms with Gasteiger partial charge in [0, 0.05) is 49.0 Å². The van der Waals surface area contributed by atoms with Gasteiger partial charge in [-0.3, -0.25) is 4.79 Å². The normalized spacial score (nSPS) is 16.9. The second-order valence-electron chi connectivity index (χ2n) is 15.2. The molecule has 7 aromatic rings. The first-order valence-corrected chi connectivity index (χ1v) is 19.6. The molecule has 2 fully saturated rings. The van der Waals surface area contributed by atoms with Crippen LogP contribution in [0.25, 0.3) is 44.6 Å². The summed E-state index contributed by atoms with van der Waals surface area (Å²) in [5.74, 6) is 1.93. The molecule has 0 spiro atoms. The second kappa shape index (κ2) is 16.6. The van der Waals surface area contributed by atoms with E-state index in [4.69, 9.17) is 20.7 Å². The molecule has 1 amide bonds.